The summed E-state index contributed by atoms with van der Waals surface area (Å²) in [5.41, 5.74) is 1.90. The molecule has 198 valence electrons. The molecule has 0 aromatic heterocycles. The molecule has 1 saturated carbocycles. The molecule has 3 rings (SSSR count). The second kappa shape index (κ2) is 12.5. The standard InChI is InChI=1S/C30H44N2O4/c1-7-8-24(25-11-13-26(14-12-25)28(33)31-27-15-16-27)10-9-21(2)35-22(3)23-17-19-32(20-18-23)29(34)36-30(4,5)6/h1,9-11,22-23,26-27H,8,12-20H2,2-6H3,(H,31,33)/b21-9+,24-10+. The highest BCUT2D eigenvalue weighted by Crippen LogP contribution is 2.31. The van der Waals surface area contributed by atoms with E-state index in [4.69, 9.17) is 15.9 Å². The predicted molar refractivity (Wildman–Crippen MR) is 143 cm³/mol. The molecular weight excluding hydrogens is 452 g/mol. The summed E-state index contributed by atoms with van der Waals surface area (Å²) < 4.78 is 11.7. The van der Waals surface area contributed by atoms with Gasteiger partial charge in [-0.1, -0.05) is 12.2 Å². The minimum atomic E-state index is -0.474. The van der Waals surface area contributed by atoms with Gasteiger partial charge in [0.2, 0.25) is 5.91 Å². The first kappa shape index (κ1) is 27.9. The third-order valence-electron chi connectivity index (χ3n) is 7.16. The topological polar surface area (TPSA) is 67.9 Å². The molecule has 2 unspecified atom stereocenters. The van der Waals surface area contributed by atoms with Crippen molar-refractivity contribution >= 4 is 12.0 Å². The third-order valence-corrected chi connectivity index (χ3v) is 7.16. The van der Waals surface area contributed by atoms with Gasteiger partial charge in [0.05, 0.1) is 11.9 Å². The Labute approximate surface area is 217 Å². The Hall–Kier alpha value is -2.68. The van der Waals surface area contributed by atoms with E-state index in [0.29, 0.717) is 31.5 Å². The largest absolute Gasteiger partial charge is 0.495 e. The highest BCUT2D eigenvalue weighted by atomic mass is 16.6. The van der Waals surface area contributed by atoms with Crippen LogP contribution in [0.1, 0.15) is 86.0 Å². The van der Waals surface area contributed by atoms with Crippen molar-refractivity contribution in [3.05, 3.63) is 35.1 Å². The van der Waals surface area contributed by atoms with Crippen LogP contribution in [0, 0.1) is 24.2 Å². The van der Waals surface area contributed by atoms with Crippen molar-refractivity contribution in [2.75, 3.05) is 13.1 Å². The molecule has 0 aromatic carbocycles. The van der Waals surface area contributed by atoms with E-state index in [1.807, 2.05) is 33.8 Å². The van der Waals surface area contributed by atoms with Gasteiger partial charge in [0.25, 0.3) is 0 Å². The molecule has 1 saturated heterocycles. The number of amides is 2. The van der Waals surface area contributed by atoms with Crippen molar-refractivity contribution in [2.24, 2.45) is 11.8 Å². The molecule has 6 heteroatoms. The Morgan fingerprint density at radius 3 is 2.44 bits per heavy atom. The summed E-state index contributed by atoms with van der Waals surface area (Å²) in [6.07, 6.45) is 18.9. The van der Waals surface area contributed by atoms with Crippen LogP contribution in [0.2, 0.25) is 0 Å². The van der Waals surface area contributed by atoms with Crippen LogP contribution in [0.15, 0.2) is 35.1 Å². The summed E-state index contributed by atoms with van der Waals surface area (Å²) in [5, 5.41) is 3.13. The van der Waals surface area contributed by atoms with Crippen LogP contribution >= 0.6 is 0 Å². The number of terminal acetylenes is 1. The fraction of sp³-hybridized carbons (Fsp3) is 0.667. The Kier molecular flexibility index (Phi) is 9.70. The molecule has 36 heavy (non-hydrogen) atoms. The molecular formula is C30H44N2O4. The van der Waals surface area contributed by atoms with Crippen LogP contribution in [-0.2, 0) is 14.3 Å². The van der Waals surface area contributed by atoms with Crippen molar-refractivity contribution in [2.45, 2.75) is 104 Å². The number of ether oxygens (including phenoxy) is 2. The highest BCUT2D eigenvalue weighted by Gasteiger charge is 2.30. The molecule has 1 N–H and O–H groups in total. The van der Waals surface area contributed by atoms with E-state index in [1.54, 1.807) is 4.90 Å². The summed E-state index contributed by atoms with van der Waals surface area (Å²) in [4.78, 5) is 26.5. The van der Waals surface area contributed by atoms with Gasteiger partial charge in [-0.25, -0.2) is 4.79 Å². The zero-order valence-corrected chi connectivity index (χ0v) is 22.8. The lowest BCUT2D eigenvalue weighted by Crippen LogP contribution is -2.43. The van der Waals surface area contributed by atoms with E-state index in [2.05, 4.69) is 30.3 Å². The van der Waals surface area contributed by atoms with Crippen LogP contribution < -0.4 is 5.32 Å². The number of rotatable bonds is 8. The van der Waals surface area contributed by atoms with Crippen molar-refractivity contribution in [1.82, 2.24) is 10.2 Å². The number of likely N-dealkylation sites (tertiary alicyclic amines) is 1. The van der Waals surface area contributed by atoms with Gasteiger partial charge in [-0.05, 0) is 103 Å². The lowest BCUT2D eigenvalue weighted by molar-refractivity contribution is -0.125. The van der Waals surface area contributed by atoms with Crippen molar-refractivity contribution in [3.8, 4) is 12.3 Å². The maximum atomic E-state index is 12.4. The number of carbonyl (C=O) groups is 2. The Morgan fingerprint density at radius 2 is 1.89 bits per heavy atom. The summed E-state index contributed by atoms with van der Waals surface area (Å²) in [6.45, 7) is 11.1. The average molecular weight is 497 g/mol. The van der Waals surface area contributed by atoms with E-state index in [9.17, 15) is 9.59 Å². The van der Waals surface area contributed by atoms with Crippen molar-refractivity contribution in [3.63, 3.8) is 0 Å². The quantitative estimate of drug-likeness (QED) is 0.258. The SMILES string of the molecule is C#CC/C(=C\C=C(/C)OC(C)C1CCN(C(=O)OC(C)(C)C)CC1)C1=CCC(C(=O)NC2CC2)CC1. The summed E-state index contributed by atoms with van der Waals surface area (Å²) >= 11 is 0. The maximum absolute atomic E-state index is 12.4. The third kappa shape index (κ3) is 8.76. The number of hydrogen-bond donors (Lipinski definition) is 1. The monoisotopic (exact) mass is 496 g/mol. The molecule has 6 nitrogen and oxygen atoms in total. The van der Waals surface area contributed by atoms with Gasteiger partial charge in [-0.15, -0.1) is 12.3 Å². The van der Waals surface area contributed by atoms with Gasteiger partial charge >= 0.3 is 6.09 Å². The predicted octanol–water partition coefficient (Wildman–Crippen LogP) is 5.90. The van der Waals surface area contributed by atoms with Crippen LogP contribution in [0.3, 0.4) is 0 Å². The second-order valence-electron chi connectivity index (χ2n) is 11.5. The van der Waals surface area contributed by atoms with Crippen LogP contribution in [0.5, 0.6) is 0 Å². The van der Waals surface area contributed by atoms with Crippen molar-refractivity contribution < 1.29 is 19.1 Å². The number of allylic oxidation sites excluding steroid dienone is 6. The van der Waals surface area contributed by atoms with Gasteiger partial charge in [-0.2, -0.15) is 0 Å². The van der Waals surface area contributed by atoms with Crippen LogP contribution in [0.4, 0.5) is 4.79 Å². The molecule has 2 fully saturated rings. The fourth-order valence-electron chi connectivity index (χ4n) is 4.82. The van der Waals surface area contributed by atoms with Crippen LogP contribution in [0.25, 0.3) is 0 Å². The van der Waals surface area contributed by atoms with E-state index in [0.717, 1.165) is 56.3 Å². The average Bonchev–Trinajstić information content (AvgIpc) is 3.65. The number of carbonyl (C=O) groups excluding carboxylic acids is 2. The number of piperidine rings is 1. The maximum Gasteiger partial charge on any atom is 0.410 e. The number of hydrogen-bond acceptors (Lipinski definition) is 4. The minimum Gasteiger partial charge on any atom is -0.495 e. The van der Waals surface area contributed by atoms with Gasteiger partial charge in [0.1, 0.15) is 5.60 Å². The molecule has 1 aliphatic heterocycles. The van der Waals surface area contributed by atoms with E-state index < -0.39 is 5.60 Å². The Morgan fingerprint density at radius 1 is 1.19 bits per heavy atom. The first-order valence-corrected chi connectivity index (χ1v) is 13.5. The first-order valence-electron chi connectivity index (χ1n) is 13.5. The molecule has 2 aliphatic carbocycles. The summed E-state index contributed by atoms with van der Waals surface area (Å²) in [6, 6.07) is 0.410. The molecule has 0 spiro atoms. The van der Waals surface area contributed by atoms with Gasteiger partial charge < -0.3 is 19.7 Å². The Balaban J connectivity index is 1.50. The molecule has 0 aromatic rings. The zero-order valence-electron chi connectivity index (χ0n) is 22.8. The molecule has 2 amide bonds. The van der Waals surface area contributed by atoms with Gasteiger partial charge in [-0.3, -0.25) is 4.79 Å². The Bertz CT molecular complexity index is 922. The van der Waals surface area contributed by atoms with Gasteiger partial charge in [0, 0.05) is 31.5 Å². The number of nitrogens with one attached hydrogen (secondary N) is 1. The normalized spacial score (nSPS) is 22.8. The number of nitrogens with zero attached hydrogens (tertiary/aromatic N) is 1. The van der Waals surface area contributed by atoms with Crippen LogP contribution in [-0.4, -0.2) is 47.7 Å². The second-order valence-corrected chi connectivity index (χ2v) is 11.5. The van der Waals surface area contributed by atoms with Gasteiger partial charge in [0.15, 0.2) is 0 Å². The molecule has 0 bridgehead atoms. The molecule has 1 heterocycles. The molecule has 2 atom stereocenters. The fourth-order valence-corrected chi connectivity index (χ4v) is 4.82. The molecule has 0 radical (unpaired) electrons. The van der Waals surface area contributed by atoms with E-state index in [1.165, 1.54) is 5.57 Å². The summed E-state index contributed by atoms with van der Waals surface area (Å²) in [7, 11) is 0. The summed E-state index contributed by atoms with van der Waals surface area (Å²) in [5.74, 6) is 4.29. The van der Waals surface area contributed by atoms with E-state index in [-0.39, 0.29) is 24.0 Å². The molecule has 3 aliphatic rings. The smallest absolute Gasteiger partial charge is 0.410 e. The minimum absolute atomic E-state index is 0.0613. The van der Waals surface area contributed by atoms with E-state index >= 15 is 0 Å². The lowest BCUT2D eigenvalue weighted by Gasteiger charge is -2.35. The zero-order chi connectivity index (χ0) is 26.3. The van der Waals surface area contributed by atoms with Crippen molar-refractivity contribution in [1.29, 1.82) is 0 Å². The first-order chi connectivity index (χ1) is 17.1. The highest BCUT2D eigenvalue weighted by molar-refractivity contribution is 5.79. The lowest BCUT2D eigenvalue weighted by atomic mass is 9.85.